The maximum atomic E-state index is 10.9. The minimum Gasteiger partial charge on any atom is -0.455 e. The highest BCUT2D eigenvalue weighted by Crippen LogP contribution is 2.46. The summed E-state index contributed by atoms with van der Waals surface area (Å²) in [5.41, 5.74) is 3.38. The van der Waals surface area contributed by atoms with E-state index >= 15 is 0 Å². The predicted octanol–water partition coefficient (Wildman–Crippen LogP) is 3.06. The zero-order chi connectivity index (χ0) is 15.5. The summed E-state index contributed by atoms with van der Waals surface area (Å²) < 4.78 is 5.28. The summed E-state index contributed by atoms with van der Waals surface area (Å²) in [5.74, 6) is -1.13. The number of benzene rings is 2. The van der Waals surface area contributed by atoms with Crippen LogP contribution in [0.4, 0.5) is 0 Å². The van der Waals surface area contributed by atoms with Crippen LogP contribution in [0.1, 0.15) is 34.3 Å². The van der Waals surface area contributed by atoms with Gasteiger partial charge in [0.2, 0.25) is 0 Å². The standard InChI is InChI=1S/C18H12N2O2/c19-9-12(10-20)17-13-5-1-3-7-15(13)18(22-11-21)16-8-4-2-6-14(16)17/h1-8,11-12,17-18H. The average Bonchev–Trinajstić information content (AvgIpc) is 2.58. The topological polar surface area (TPSA) is 73.9 Å². The van der Waals surface area contributed by atoms with Crippen molar-refractivity contribution in [3.05, 3.63) is 70.8 Å². The quantitative estimate of drug-likeness (QED) is 0.813. The van der Waals surface area contributed by atoms with Gasteiger partial charge in [0.15, 0.2) is 6.10 Å². The molecule has 0 heterocycles. The number of fused-ring (bicyclic) bond motifs is 2. The molecule has 2 aromatic rings. The number of hydrogen-bond acceptors (Lipinski definition) is 4. The summed E-state index contributed by atoms with van der Waals surface area (Å²) in [6.07, 6.45) is -0.501. The van der Waals surface area contributed by atoms with Gasteiger partial charge >= 0.3 is 0 Å². The van der Waals surface area contributed by atoms with E-state index in [2.05, 4.69) is 12.1 Å². The first-order valence-corrected chi connectivity index (χ1v) is 6.87. The van der Waals surface area contributed by atoms with E-state index in [4.69, 9.17) is 4.74 Å². The van der Waals surface area contributed by atoms with Crippen LogP contribution >= 0.6 is 0 Å². The smallest absolute Gasteiger partial charge is 0.294 e. The third kappa shape index (κ3) is 2.03. The van der Waals surface area contributed by atoms with Crippen molar-refractivity contribution in [1.82, 2.24) is 0 Å². The Kier molecular flexibility index (Phi) is 3.60. The number of carbonyl (C=O) groups excluding carboxylic acids is 1. The van der Waals surface area contributed by atoms with Crippen molar-refractivity contribution >= 4 is 6.47 Å². The Balaban J connectivity index is 2.28. The van der Waals surface area contributed by atoms with Crippen molar-refractivity contribution in [3.63, 3.8) is 0 Å². The Labute approximate surface area is 128 Å². The normalized spacial score (nSPS) is 18.5. The molecule has 0 spiro atoms. The molecule has 0 amide bonds. The number of ether oxygens (including phenoxy) is 1. The zero-order valence-electron chi connectivity index (χ0n) is 11.6. The Morgan fingerprint density at radius 3 is 1.77 bits per heavy atom. The fraction of sp³-hybridized carbons (Fsp3) is 0.167. The lowest BCUT2D eigenvalue weighted by atomic mass is 9.72. The van der Waals surface area contributed by atoms with E-state index in [1.54, 1.807) is 0 Å². The number of rotatable bonds is 3. The molecule has 0 aliphatic heterocycles. The van der Waals surface area contributed by atoms with E-state index in [-0.39, 0.29) is 5.92 Å². The molecule has 22 heavy (non-hydrogen) atoms. The van der Waals surface area contributed by atoms with Crippen molar-refractivity contribution < 1.29 is 9.53 Å². The second-order valence-electron chi connectivity index (χ2n) is 5.08. The number of nitriles is 2. The van der Waals surface area contributed by atoms with Crippen molar-refractivity contribution in [2.45, 2.75) is 12.0 Å². The van der Waals surface area contributed by atoms with Gasteiger partial charge in [-0.3, -0.25) is 4.79 Å². The van der Waals surface area contributed by atoms with Crippen molar-refractivity contribution in [2.75, 3.05) is 0 Å². The molecule has 1 aliphatic carbocycles. The third-order valence-corrected chi connectivity index (χ3v) is 4.03. The van der Waals surface area contributed by atoms with Crippen LogP contribution in [0.5, 0.6) is 0 Å². The van der Waals surface area contributed by atoms with E-state index < -0.39 is 12.0 Å². The molecule has 3 rings (SSSR count). The SMILES string of the molecule is N#CC(C#N)C1c2ccccc2C(OC=O)c2ccccc21. The lowest BCUT2D eigenvalue weighted by Crippen LogP contribution is -2.23. The summed E-state index contributed by atoms with van der Waals surface area (Å²) >= 11 is 0. The maximum Gasteiger partial charge on any atom is 0.294 e. The minimum absolute atomic E-state index is 0.339. The summed E-state index contributed by atoms with van der Waals surface area (Å²) in [6.45, 7) is 0.435. The van der Waals surface area contributed by atoms with Crippen LogP contribution in [0.15, 0.2) is 48.5 Å². The van der Waals surface area contributed by atoms with Gasteiger partial charge < -0.3 is 4.74 Å². The molecular weight excluding hydrogens is 276 g/mol. The second-order valence-corrected chi connectivity index (χ2v) is 5.08. The van der Waals surface area contributed by atoms with Crippen LogP contribution < -0.4 is 0 Å². The lowest BCUT2D eigenvalue weighted by molar-refractivity contribution is -0.132. The van der Waals surface area contributed by atoms with Crippen LogP contribution in [-0.4, -0.2) is 6.47 Å². The van der Waals surface area contributed by atoms with Gasteiger partial charge in [-0.1, -0.05) is 48.5 Å². The molecule has 0 radical (unpaired) electrons. The van der Waals surface area contributed by atoms with Gasteiger partial charge in [0.05, 0.1) is 12.1 Å². The van der Waals surface area contributed by atoms with Gasteiger partial charge in [-0.2, -0.15) is 10.5 Å². The lowest BCUT2D eigenvalue weighted by Gasteiger charge is -2.33. The van der Waals surface area contributed by atoms with E-state index in [1.807, 2.05) is 48.5 Å². The first-order valence-electron chi connectivity index (χ1n) is 6.87. The predicted molar refractivity (Wildman–Crippen MR) is 78.4 cm³/mol. The average molecular weight is 288 g/mol. The first kappa shape index (κ1) is 13.9. The summed E-state index contributed by atoms with van der Waals surface area (Å²) in [6, 6.07) is 19.1. The van der Waals surface area contributed by atoms with E-state index in [1.165, 1.54) is 0 Å². The maximum absolute atomic E-state index is 10.9. The summed E-state index contributed by atoms with van der Waals surface area (Å²) in [7, 11) is 0. The van der Waals surface area contributed by atoms with Crippen molar-refractivity contribution in [3.8, 4) is 12.1 Å². The minimum atomic E-state index is -0.792. The number of hydrogen-bond donors (Lipinski definition) is 0. The van der Waals surface area contributed by atoms with E-state index in [0.29, 0.717) is 6.47 Å². The summed E-state index contributed by atoms with van der Waals surface area (Å²) in [4.78, 5) is 10.9. The van der Waals surface area contributed by atoms with Crippen LogP contribution in [-0.2, 0) is 9.53 Å². The zero-order valence-corrected chi connectivity index (χ0v) is 11.6. The highest BCUT2D eigenvalue weighted by atomic mass is 16.5. The van der Waals surface area contributed by atoms with Gasteiger partial charge in [-0.25, -0.2) is 0 Å². The van der Waals surface area contributed by atoms with E-state index in [9.17, 15) is 15.3 Å². The Bertz CT molecular complexity index is 740. The molecule has 0 atom stereocenters. The molecule has 0 fully saturated rings. The van der Waals surface area contributed by atoms with Gasteiger partial charge in [0.1, 0.15) is 5.92 Å². The molecule has 0 aromatic heterocycles. The van der Waals surface area contributed by atoms with Gasteiger partial charge in [0.25, 0.3) is 6.47 Å². The van der Waals surface area contributed by atoms with Gasteiger partial charge in [-0.05, 0) is 11.1 Å². The Morgan fingerprint density at radius 2 is 1.36 bits per heavy atom. The van der Waals surface area contributed by atoms with Crippen LogP contribution in [0, 0.1) is 28.6 Å². The van der Waals surface area contributed by atoms with Crippen molar-refractivity contribution in [1.29, 1.82) is 10.5 Å². The molecule has 0 unspecified atom stereocenters. The Hall–Kier alpha value is -3.11. The Morgan fingerprint density at radius 1 is 0.909 bits per heavy atom. The molecule has 0 bridgehead atoms. The molecule has 0 saturated heterocycles. The first-order chi connectivity index (χ1) is 10.8. The molecule has 4 nitrogen and oxygen atoms in total. The molecule has 4 heteroatoms. The van der Waals surface area contributed by atoms with Gasteiger partial charge in [-0.15, -0.1) is 0 Å². The van der Waals surface area contributed by atoms with Crippen LogP contribution in [0.2, 0.25) is 0 Å². The highest BCUT2D eigenvalue weighted by molar-refractivity contribution is 5.55. The second kappa shape index (κ2) is 5.71. The highest BCUT2D eigenvalue weighted by Gasteiger charge is 2.37. The van der Waals surface area contributed by atoms with Crippen LogP contribution in [0.3, 0.4) is 0 Å². The van der Waals surface area contributed by atoms with Crippen LogP contribution in [0.25, 0.3) is 0 Å². The molecule has 2 aromatic carbocycles. The fourth-order valence-corrected chi connectivity index (χ4v) is 3.14. The molecule has 106 valence electrons. The fourth-order valence-electron chi connectivity index (χ4n) is 3.14. The molecule has 1 aliphatic rings. The largest absolute Gasteiger partial charge is 0.455 e. The molecule has 0 saturated carbocycles. The molecular formula is C18H12N2O2. The monoisotopic (exact) mass is 288 g/mol. The van der Waals surface area contributed by atoms with Crippen molar-refractivity contribution in [2.24, 2.45) is 5.92 Å². The van der Waals surface area contributed by atoms with E-state index in [0.717, 1.165) is 22.3 Å². The van der Waals surface area contributed by atoms with Gasteiger partial charge in [0, 0.05) is 17.0 Å². The third-order valence-electron chi connectivity index (χ3n) is 4.03. The number of carbonyl (C=O) groups is 1. The summed E-state index contributed by atoms with van der Waals surface area (Å²) in [5, 5.41) is 18.7. The number of nitrogens with zero attached hydrogens (tertiary/aromatic N) is 2. The molecule has 0 N–H and O–H groups in total.